The van der Waals surface area contributed by atoms with Gasteiger partial charge in [0.15, 0.2) is 11.6 Å². The SMILES string of the molecule is COCN1c2cc(C(=O)CBr)ccc2Sc2nccnc21. The van der Waals surface area contributed by atoms with E-state index in [1.165, 1.54) is 0 Å². The number of carbonyl (C=O) groups excluding carboxylic acids is 1. The van der Waals surface area contributed by atoms with Gasteiger partial charge < -0.3 is 4.74 Å². The fourth-order valence-electron chi connectivity index (χ4n) is 2.12. The van der Waals surface area contributed by atoms with Gasteiger partial charge in [-0.1, -0.05) is 33.8 Å². The number of alkyl halides is 1. The number of rotatable bonds is 4. The standard InChI is InChI=1S/C14H12BrN3O2S/c1-20-8-18-10-6-9(11(19)7-15)2-3-12(10)21-14-13(18)16-4-5-17-14/h2-6H,7-8H2,1H3. The number of anilines is 2. The number of halogens is 1. The van der Waals surface area contributed by atoms with E-state index in [1.54, 1.807) is 31.3 Å². The molecule has 0 amide bonds. The minimum absolute atomic E-state index is 0.0464. The van der Waals surface area contributed by atoms with Gasteiger partial charge in [0, 0.05) is 30.0 Å². The lowest BCUT2D eigenvalue weighted by atomic mass is 10.1. The highest BCUT2D eigenvalue weighted by molar-refractivity contribution is 9.09. The first-order chi connectivity index (χ1) is 10.2. The van der Waals surface area contributed by atoms with Crippen LogP contribution in [0.15, 0.2) is 40.5 Å². The van der Waals surface area contributed by atoms with Crippen LogP contribution in [0, 0.1) is 0 Å². The molecule has 3 rings (SSSR count). The lowest BCUT2D eigenvalue weighted by molar-refractivity contribution is 0.102. The molecule has 7 heteroatoms. The molecular formula is C14H12BrN3O2S. The monoisotopic (exact) mass is 365 g/mol. The lowest BCUT2D eigenvalue weighted by Crippen LogP contribution is -2.25. The Morgan fingerprint density at radius 3 is 2.95 bits per heavy atom. The van der Waals surface area contributed by atoms with Crippen LogP contribution < -0.4 is 4.90 Å². The van der Waals surface area contributed by atoms with Gasteiger partial charge in [0.1, 0.15) is 11.8 Å². The summed E-state index contributed by atoms with van der Waals surface area (Å²) in [6, 6.07) is 5.65. The minimum atomic E-state index is 0.0464. The van der Waals surface area contributed by atoms with Crippen LogP contribution in [0.2, 0.25) is 0 Å². The van der Waals surface area contributed by atoms with E-state index in [0.29, 0.717) is 17.6 Å². The summed E-state index contributed by atoms with van der Waals surface area (Å²) in [5.41, 5.74) is 1.58. The molecule has 1 aromatic carbocycles. The Bertz CT molecular complexity index is 696. The molecule has 0 bridgehead atoms. The van der Waals surface area contributed by atoms with E-state index in [4.69, 9.17) is 4.74 Å². The fourth-order valence-corrected chi connectivity index (χ4v) is 3.43. The van der Waals surface area contributed by atoms with E-state index in [9.17, 15) is 4.79 Å². The lowest BCUT2D eigenvalue weighted by Gasteiger charge is -2.30. The number of Topliss-reactive ketones (excluding diaryl/α,β-unsaturated/α-hetero) is 1. The van der Waals surface area contributed by atoms with Crippen LogP contribution in [0.4, 0.5) is 11.5 Å². The molecule has 0 fully saturated rings. The second-order valence-electron chi connectivity index (χ2n) is 4.37. The number of ether oxygens (including phenoxy) is 1. The number of hydrogen-bond acceptors (Lipinski definition) is 6. The van der Waals surface area contributed by atoms with Crippen molar-refractivity contribution >= 4 is 45.0 Å². The van der Waals surface area contributed by atoms with Crippen LogP contribution in [-0.2, 0) is 4.74 Å². The average Bonchev–Trinajstić information content (AvgIpc) is 2.53. The van der Waals surface area contributed by atoms with Gasteiger partial charge in [-0.15, -0.1) is 0 Å². The first-order valence-electron chi connectivity index (χ1n) is 6.23. The highest BCUT2D eigenvalue weighted by Crippen LogP contribution is 2.46. The van der Waals surface area contributed by atoms with Crippen LogP contribution in [-0.4, -0.2) is 34.9 Å². The molecule has 1 aromatic heterocycles. The molecular weight excluding hydrogens is 354 g/mol. The Hall–Kier alpha value is -1.44. The molecule has 5 nitrogen and oxygen atoms in total. The molecule has 0 aliphatic carbocycles. The van der Waals surface area contributed by atoms with Crippen LogP contribution in [0.1, 0.15) is 10.4 Å². The van der Waals surface area contributed by atoms with Gasteiger partial charge in [-0.25, -0.2) is 9.97 Å². The zero-order valence-corrected chi connectivity index (χ0v) is 13.6. The third kappa shape index (κ3) is 2.68. The Morgan fingerprint density at radius 2 is 2.19 bits per heavy atom. The molecule has 1 aliphatic rings. The molecule has 0 atom stereocenters. The Balaban J connectivity index is 2.10. The van der Waals surface area contributed by atoms with Crippen LogP contribution >= 0.6 is 27.7 Å². The molecule has 0 saturated heterocycles. The van der Waals surface area contributed by atoms with Crippen molar-refractivity contribution < 1.29 is 9.53 Å². The number of nitrogens with zero attached hydrogens (tertiary/aromatic N) is 3. The Labute approximate surface area is 134 Å². The number of fused-ring (bicyclic) bond motifs is 2. The predicted octanol–water partition coefficient (Wildman–Crippen LogP) is 3.26. The zero-order chi connectivity index (χ0) is 14.8. The van der Waals surface area contributed by atoms with Crippen molar-refractivity contribution in [2.75, 3.05) is 24.1 Å². The van der Waals surface area contributed by atoms with Crippen molar-refractivity contribution in [3.05, 3.63) is 36.2 Å². The van der Waals surface area contributed by atoms with Crippen LogP contribution in [0.3, 0.4) is 0 Å². The predicted molar refractivity (Wildman–Crippen MR) is 84.7 cm³/mol. The molecule has 0 N–H and O–H groups in total. The number of hydrogen-bond donors (Lipinski definition) is 0. The molecule has 108 valence electrons. The number of carbonyl (C=O) groups is 1. The topological polar surface area (TPSA) is 55.3 Å². The summed E-state index contributed by atoms with van der Waals surface area (Å²) in [4.78, 5) is 23.6. The van der Waals surface area contributed by atoms with E-state index >= 15 is 0 Å². The zero-order valence-electron chi connectivity index (χ0n) is 11.2. The van der Waals surface area contributed by atoms with Gasteiger partial charge in [-0.05, 0) is 12.1 Å². The van der Waals surface area contributed by atoms with Crippen molar-refractivity contribution in [2.24, 2.45) is 0 Å². The first-order valence-corrected chi connectivity index (χ1v) is 8.17. The van der Waals surface area contributed by atoms with E-state index < -0.39 is 0 Å². The maximum atomic E-state index is 11.9. The summed E-state index contributed by atoms with van der Waals surface area (Å²) in [5.74, 6) is 0.797. The number of ketones is 1. The molecule has 0 radical (unpaired) electrons. The Kier molecular flexibility index (Phi) is 4.23. The van der Waals surface area contributed by atoms with Gasteiger partial charge in [-0.2, -0.15) is 0 Å². The number of aromatic nitrogens is 2. The minimum Gasteiger partial charge on any atom is -0.364 e. The van der Waals surface area contributed by atoms with E-state index in [2.05, 4.69) is 25.9 Å². The first kappa shape index (κ1) is 14.5. The molecule has 1 aliphatic heterocycles. The maximum Gasteiger partial charge on any atom is 0.173 e. The molecule has 0 unspecified atom stereocenters. The van der Waals surface area contributed by atoms with E-state index in [-0.39, 0.29) is 5.78 Å². The molecule has 0 spiro atoms. The molecule has 2 heterocycles. The summed E-state index contributed by atoms with van der Waals surface area (Å²) in [6.07, 6.45) is 3.32. The van der Waals surface area contributed by atoms with Crippen molar-refractivity contribution in [1.82, 2.24) is 9.97 Å². The summed E-state index contributed by atoms with van der Waals surface area (Å²) < 4.78 is 5.28. The number of methoxy groups -OCH3 is 1. The highest BCUT2D eigenvalue weighted by Gasteiger charge is 2.26. The molecule has 2 aromatic rings. The fraction of sp³-hybridized carbons (Fsp3) is 0.214. The summed E-state index contributed by atoms with van der Waals surface area (Å²) in [7, 11) is 1.63. The molecule has 0 saturated carbocycles. The summed E-state index contributed by atoms with van der Waals surface area (Å²) in [5, 5.41) is 1.14. The van der Waals surface area contributed by atoms with Gasteiger partial charge in [-0.3, -0.25) is 9.69 Å². The summed E-state index contributed by atoms with van der Waals surface area (Å²) >= 11 is 4.75. The quantitative estimate of drug-likeness (QED) is 0.612. The van der Waals surface area contributed by atoms with Crippen LogP contribution in [0.5, 0.6) is 0 Å². The Morgan fingerprint density at radius 1 is 1.38 bits per heavy atom. The second kappa shape index (κ2) is 6.13. The van der Waals surface area contributed by atoms with E-state index in [0.717, 1.165) is 21.4 Å². The normalized spacial score (nSPS) is 12.8. The van der Waals surface area contributed by atoms with Crippen molar-refractivity contribution in [2.45, 2.75) is 9.92 Å². The van der Waals surface area contributed by atoms with E-state index in [1.807, 2.05) is 23.1 Å². The van der Waals surface area contributed by atoms with Gasteiger partial charge in [0.2, 0.25) is 0 Å². The average molecular weight is 366 g/mol. The van der Waals surface area contributed by atoms with Crippen molar-refractivity contribution in [3.8, 4) is 0 Å². The molecule has 21 heavy (non-hydrogen) atoms. The maximum absolute atomic E-state index is 11.9. The summed E-state index contributed by atoms with van der Waals surface area (Å²) in [6.45, 7) is 0.352. The second-order valence-corrected chi connectivity index (χ2v) is 5.96. The van der Waals surface area contributed by atoms with Gasteiger partial charge in [0.05, 0.1) is 11.0 Å². The van der Waals surface area contributed by atoms with Crippen molar-refractivity contribution in [1.29, 1.82) is 0 Å². The smallest absolute Gasteiger partial charge is 0.173 e. The van der Waals surface area contributed by atoms with Crippen molar-refractivity contribution in [3.63, 3.8) is 0 Å². The number of benzene rings is 1. The van der Waals surface area contributed by atoms with Gasteiger partial charge >= 0.3 is 0 Å². The largest absolute Gasteiger partial charge is 0.364 e. The van der Waals surface area contributed by atoms with Gasteiger partial charge in [0.25, 0.3) is 0 Å². The third-order valence-electron chi connectivity index (χ3n) is 3.06. The third-order valence-corrected chi connectivity index (χ3v) is 4.62. The highest BCUT2D eigenvalue weighted by atomic mass is 79.9. The van der Waals surface area contributed by atoms with Crippen LogP contribution in [0.25, 0.3) is 0 Å².